The number of benzene rings is 2. The molecule has 0 saturated carbocycles. The van der Waals surface area contributed by atoms with Crippen LogP contribution in [0, 0.1) is 18.3 Å². The number of nitrogens with zero attached hydrogens (tertiary/aromatic N) is 2. The van der Waals surface area contributed by atoms with E-state index in [1.165, 1.54) is 11.8 Å². The molecule has 3 aromatic rings. The van der Waals surface area contributed by atoms with E-state index in [9.17, 15) is 10.1 Å². The first-order valence-electron chi connectivity index (χ1n) is 8.43. The van der Waals surface area contributed by atoms with Crippen molar-refractivity contribution in [1.82, 2.24) is 9.97 Å². The minimum Gasteiger partial charge on any atom is -0.301 e. The lowest BCUT2D eigenvalue weighted by Crippen LogP contribution is -2.17. The van der Waals surface area contributed by atoms with E-state index in [0.717, 1.165) is 28.1 Å². The number of aromatic amines is 1. The maximum absolute atomic E-state index is 12.4. The second-order valence-electron chi connectivity index (χ2n) is 5.90. The molecule has 0 aliphatic carbocycles. The van der Waals surface area contributed by atoms with Gasteiger partial charge in [0, 0.05) is 17.7 Å². The molecule has 4 nitrogen and oxygen atoms in total. The third-order valence-electron chi connectivity index (χ3n) is 4.17. The smallest absolute Gasteiger partial charge is 0.255 e. The Kier molecular flexibility index (Phi) is 5.55. The van der Waals surface area contributed by atoms with Gasteiger partial charge in [-0.1, -0.05) is 61.2 Å². The molecule has 2 aromatic carbocycles. The van der Waals surface area contributed by atoms with Crippen LogP contribution in [0.1, 0.15) is 29.3 Å². The zero-order valence-corrected chi connectivity index (χ0v) is 15.6. The molecule has 1 heterocycles. The number of H-pyrrole nitrogens is 1. The second-order valence-corrected chi connectivity index (χ2v) is 7.15. The van der Waals surface area contributed by atoms with E-state index in [1.54, 1.807) is 0 Å². The Morgan fingerprint density at radius 2 is 1.88 bits per heavy atom. The van der Waals surface area contributed by atoms with E-state index in [-0.39, 0.29) is 5.56 Å². The third-order valence-corrected chi connectivity index (χ3v) is 4.93. The van der Waals surface area contributed by atoms with Gasteiger partial charge in [0.05, 0.1) is 11.6 Å². The zero-order chi connectivity index (χ0) is 18.5. The van der Waals surface area contributed by atoms with E-state index in [1.807, 2.05) is 62.4 Å². The van der Waals surface area contributed by atoms with Crippen molar-refractivity contribution in [3.8, 4) is 17.2 Å². The molecule has 0 spiro atoms. The summed E-state index contributed by atoms with van der Waals surface area (Å²) in [5.74, 6) is 0.868. The SMILES string of the molecule is CCSc1nc(C)c(Cc2ccc(-c3ccccc3C#N)cc2)c(=O)[nH]1. The summed E-state index contributed by atoms with van der Waals surface area (Å²) in [6.07, 6.45) is 0.533. The molecule has 26 heavy (non-hydrogen) atoms. The highest BCUT2D eigenvalue weighted by atomic mass is 32.2. The molecule has 0 fully saturated rings. The van der Waals surface area contributed by atoms with Crippen molar-refractivity contribution in [2.75, 3.05) is 5.75 Å². The van der Waals surface area contributed by atoms with E-state index in [2.05, 4.69) is 16.0 Å². The van der Waals surface area contributed by atoms with Crippen LogP contribution in [0.15, 0.2) is 58.5 Å². The molecule has 130 valence electrons. The van der Waals surface area contributed by atoms with Crippen LogP contribution in [0.5, 0.6) is 0 Å². The summed E-state index contributed by atoms with van der Waals surface area (Å²) in [6.45, 7) is 3.90. The number of aromatic nitrogens is 2. The van der Waals surface area contributed by atoms with Crippen molar-refractivity contribution >= 4 is 11.8 Å². The predicted molar refractivity (Wildman–Crippen MR) is 105 cm³/mol. The van der Waals surface area contributed by atoms with Gasteiger partial charge >= 0.3 is 0 Å². The summed E-state index contributed by atoms with van der Waals surface area (Å²) in [4.78, 5) is 19.7. The van der Waals surface area contributed by atoms with Gasteiger partial charge in [-0.2, -0.15) is 5.26 Å². The van der Waals surface area contributed by atoms with Gasteiger partial charge in [-0.15, -0.1) is 0 Å². The Bertz CT molecular complexity index is 1020. The summed E-state index contributed by atoms with van der Waals surface area (Å²) in [5.41, 5.74) is 4.98. The van der Waals surface area contributed by atoms with Crippen LogP contribution in [-0.2, 0) is 6.42 Å². The number of nitriles is 1. The average molecular weight is 361 g/mol. The van der Waals surface area contributed by atoms with Gasteiger partial charge in [-0.25, -0.2) is 4.98 Å². The maximum atomic E-state index is 12.4. The van der Waals surface area contributed by atoms with Crippen LogP contribution in [0.4, 0.5) is 0 Å². The Morgan fingerprint density at radius 3 is 2.54 bits per heavy atom. The van der Waals surface area contributed by atoms with Gasteiger partial charge < -0.3 is 4.98 Å². The quantitative estimate of drug-likeness (QED) is 0.543. The number of rotatable bonds is 5. The van der Waals surface area contributed by atoms with Gasteiger partial charge in [-0.05, 0) is 35.4 Å². The number of hydrogen-bond acceptors (Lipinski definition) is 4. The molecular weight excluding hydrogens is 342 g/mol. The van der Waals surface area contributed by atoms with E-state index >= 15 is 0 Å². The fraction of sp³-hybridized carbons (Fsp3) is 0.190. The summed E-state index contributed by atoms with van der Waals surface area (Å²) in [6, 6.07) is 17.7. The first-order chi connectivity index (χ1) is 12.6. The Morgan fingerprint density at radius 1 is 1.15 bits per heavy atom. The summed E-state index contributed by atoms with van der Waals surface area (Å²) in [7, 11) is 0. The van der Waals surface area contributed by atoms with Gasteiger partial charge in [0.15, 0.2) is 5.16 Å². The largest absolute Gasteiger partial charge is 0.301 e. The molecule has 0 atom stereocenters. The van der Waals surface area contributed by atoms with Gasteiger partial charge in [0.2, 0.25) is 0 Å². The summed E-state index contributed by atoms with van der Waals surface area (Å²) >= 11 is 1.53. The van der Waals surface area contributed by atoms with Crippen molar-refractivity contribution in [3.63, 3.8) is 0 Å². The summed E-state index contributed by atoms with van der Waals surface area (Å²) in [5, 5.41) is 9.92. The highest BCUT2D eigenvalue weighted by Gasteiger charge is 2.10. The third kappa shape index (κ3) is 3.87. The van der Waals surface area contributed by atoms with Gasteiger partial charge in [0.1, 0.15) is 0 Å². The topological polar surface area (TPSA) is 69.5 Å². The molecule has 0 radical (unpaired) electrons. The lowest BCUT2D eigenvalue weighted by Gasteiger charge is -2.08. The minimum atomic E-state index is -0.0765. The zero-order valence-electron chi connectivity index (χ0n) is 14.7. The van der Waals surface area contributed by atoms with Crippen molar-refractivity contribution in [2.24, 2.45) is 0 Å². The fourth-order valence-electron chi connectivity index (χ4n) is 2.84. The van der Waals surface area contributed by atoms with E-state index in [0.29, 0.717) is 22.7 Å². The van der Waals surface area contributed by atoms with Crippen LogP contribution in [-0.4, -0.2) is 15.7 Å². The highest BCUT2D eigenvalue weighted by Crippen LogP contribution is 2.24. The first-order valence-corrected chi connectivity index (χ1v) is 9.42. The predicted octanol–water partition coefficient (Wildman–Crippen LogP) is 4.32. The second kappa shape index (κ2) is 8.03. The molecule has 0 amide bonds. The molecule has 0 aliphatic heterocycles. The standard InChI is InChI=1S/C21H19N3OS/c1-3-26-21-23-14(2)19(20(25)24-21)12-15-8-10-16(11-9-15)18-7-5-4-6-17(18)13-22/h4-11H,3,12H2,1-2H3,(H,23,24,25). The fourth-order valence-corrected chi connectivity index (χ4v) is 3.48. The normalized spacial score (nSPS) is 10.5. The molecule has 0 aliphatic rings. The lowest BCUT2D eigenvalue weighted by molar-refractivity contribution is 0.867. The van der Waals surface area contributed by atoms with E-state index < -0.39 is 0 Å². The number of nitrogens with one attached hydrogen (secondary N) is 1. The van der Waals surface area contributed by atoms with Crippen LogP contribution in [0.3, 0.4) is 0 Å². The van der Waals surface area contributed by atoms with E-state index in [4.69, 9.17) is 0 Å². The molecule has 3 rings (SSSR count). The van der Waals surface area contributed by atoms with Gasteiger partial charge in [-0.3, -0.25) is 4.79 Å². The van der Waals surface area contributed by atoms with Gasteiger partial charge in [0.25, 0.3) is 5.56 Å². The van der Waals surface area contributed by atoms with Crippen LogP contribution in [0.2, 0.25) is 0 Å². The maximum Gasteiger partial charge on any atom is 0.255 e. The average Bonchev–Trinajstić information content (AvgIpc) is 2.65. The molecule has 0 saturated heterocycles. The monoisotopic (exact) mass is 361 g/mol. The molecule has 1 aromatic heterocycles. The summed E-state index contributed by atoms with van der Waals surface area (Å²) < 4.78 is 0. The number of aryl methyl sites for hydroxylation is 1. The number of thioether (sulfide) groups is 1. The Hall–Kier alpha value is -2.84. The lowest BCUT2D eigenvalue weighted by atomic mass is 9.97. The molecule has 5 heteroatoms. The van der Waals surface area contributed by atoms with Crippen LogP contribution >= 0.6 is 11.8 Å². The van der Waals surface area contributed by atoms with Crippen molar-refractivity contribution in [1.29, 1.82) is 5.26 Å². The number of hydrogen-bond donors (Lipinski definition) is 1. The Labute approximate surface area is 156 Å². The minimum absolute atomic E-state index is 0.0765. The molecule has 1 N–H and O–H groups in total. The first kappa shape index (κ1) is 18.0. The van der Waals surface area contributed by atoms with Crippen molar-refractivity contribution < 1.29 is 0 Å². The molecule has 0 bridgehead atoms. The molecule has 0 unspecified atom stereocenters. The highest BCUT2D eigenvalue weighted by molar-refractivity contribution is 7.99. The van der Waals surface area contributed by atoms with Crippen molar-refractivity contribution in [3.05, 3.63) is 81.3 Å². The Balaban J connectivity index is 1.87. The van der Waals surface area contributed by atoms with Crippen LogP contribution < -0.4 is 5.56 Å². The van der Waals surface area contributed by atoms with Crippen LogP contribution in [0.25, 0.3) is 11.1 Å². The van der Waals surface area contributed by atoms with Crippen molar-refractivity contribution in [2.45, 2.75) is 25.4 Å². The molecular formula is C21H19N3OS.